The molecule has 0 bridgehead atoms. The second-order valence-corrected chi connectivity index (χ2v) is 4.33. The van der Waals surface area contributed by atoms with E-state index in [0.717, 1.165) is 17.1 Å². The fourth-order valence-electron chi connectivity index (χ4n) is 1.68. The van der Waals surface area contributed by atoms with E-state index in [-0.39, 0.29) is 0 Å². The third-order valence-electron chi connectivity index (χ3n) is 2.37. The average molecular weight is 203 g/mol. The first-order valence-electron chi connectivity index (χ1n) is 4.39. The second kappa shape index (κ2) is 2.78. The van der Waals surface area contributed by atoms with Gasteiger partial charge in [-0.25, -0.2) is 0 Å². The van der Waals surface area contributed by atoms with Gasteiger partial charge in [0.25, 0.3) is 0 Å². The van der Waals surface area contributed by atoms with Crippen molar-refractivity contribution in [3.63, 3.8) is 0 Å². The lowest BCUT2D eigenvalue weighted by Crippen LogP contribution is -1.95. The van der Waals surface area contributed by atoms with Gasteiger partial charge in [0.2, 0.25) is 0 Å². The molecule has 0 unspecified atom stereocenters. The van der Waals surface area contributed by atoms with Gasteiger partial charge in [0, 0.05) is 27.5 Å². The summed E-state index contributed by atoms with van der Waals surface area (Å²) in [5.74, 6) is 0.989. The summed E-state index contributed by atoms with van der Waals surface area (Å²) < 4.78 is 0. The molecular weight excluding hydrogens is 194 g/mol. The van der Waals surface area contributed by atoms with Crippen molar-refractivity contribution in [3.8, 4) is 11.3 Å². The third-order valence-corrected chi connectivity index (χ3v) is 3.50. The van der Waals surface area contributed by atoms with Crippen LogP contribution in [0.2, 0.25) is 0 Å². The summed E-state index contributed by atoms with van der Waals surface area (Å²) >= 11 is 1.83. The van der Waals surface area contributed by atoms with E-state index in [1.165, 1.54) is 16.0 Å². The highest BCUT2D eigenvalue weighted by Gasteiger charge is 2.17. The number of H-pyrrole nitrogens is 1. The molecule has 1 aliphatic rings. The van der Waals surface area contributed by atoms with Crippen LogP contribution < -0.4 is 5.73 Å². The molecule has 0 amide bonds. The maximum Gasteiger partial charge on any atom is 0.0702 e. The van der Waals surface area contributed by atoms with E-state index in [1.807, 2.05) is 30.1 Å². The highest BCUT2D eigenvalue weighted by Crippen LogP contribution is 2.40. The van der Waals surface area contributed by atoms with Crippen LogP contribution in [0.1, 0.15) is 5.56 Å². The van der Waals surface area contributed by atoms with Crippen LogP contribution in [0, 0.1) is 0 Å². The van der Waals surface area contributed by atoms with Crippen molar-refractivity contribution >= 4 is 17.4 Å². The van der Waals surface area contributed by atoms with Crippen molar-refractivity contribution in [2.75, 3.05) is 5.73 Å². The molecule has 14 heavy (non-hydrogen) atoms. The molecule has 1 aromatic carbocycles. The van der Waals surface area contributed by atoms with Crippen LogP contribution in [-0.4, -0.2) is 10.2 Å². The van der Waals surface area contributed by atoms with Crippen molar-refractivity contribution in [1.82, 2.24) is 10.2 Å². The third kappa shape index (κ3) is 1.04. The number of rotatable bonds is 0. The normalized spacial score (nSPS) is 13.4. The van der Waals surface area contributed by atoms with E-state index in [9.17, 15) is 0 Å². The summed E-state index contributed by atoms with van der Waals surface area (Å²) in [4.78, 5) is 1.27. The van der Waals surface area contributed by atoms with Crippen LogP contribution in [0.4, 0.5) is 5.69 Å². The molecule has 3 N–H and O–H groups in total. The minimum Gasteiger partial charge on any atom is -0.399 e. The number of hydrogen-bond donors (Lipinski definition) is 2. The van der Waals surface area contributed by atoms with Crippen LogP contribution in [-0.2, 0) is 5.75 Å². The van der Waals surface area contributed by atoms with Gasteiger partial charge in [0.15, 0.2) is 0 Å². The Hall–Kier alpha value is -1.42. The second-order valence-electron chi connectivity index (χ2n) is 3.31. The van der Waals surface area contributed by atoms with Crippen molar-refractivity contribution in [2.45, 2.75) is 10.6 Å². The summed E-state index contributed by atoms with van der Waals surface area (Å²) in [5, 5.41) is 7.08. The molecule has 0 fully saturated rings. The van der Waals surface area contributed by atoms with E-state index in [0.29, 0.717) is 0 Å². The van der Waals surface area contributed by atoms with E-state index >= 15 is 0 Å². The largest absolute Gasteiger partial charge is 0.399 e. The zero-order valence-electron chi connectivity index (χ0n) is 7.45. The fourth-order valence-corrected chi connectivity index (χ4v) is 2.69. The molecule has 3 rings (SSSR count). The Balaban J connectivity index is 2.28. The molecule has 0 atom stereocenters. The lowest BCUT2D eigenvalue weighted by Gasteiger charge is -2.15. The highest BCUT2D eigenvalue weighted by molar-refractivity contribution is 7.98. The molecule has 0 aliphatic carbocycles. The van der Waals surface area contributed by atoms with Crippen LogP contribution in [0.15, 0.2) is 29.3 Å². The van der Waals surface area contributed by atoms with E-state index in [2.05, 4.69) is 16.3 Å². The first kappa shape index (κ1) is 7.94. The molecule has 0 saturated heterocycles. The van der Waals surface area contributed by atoms with Gasteiger partial charge < -0.3 is 5.73 Å². The van der Waals surface area contributed by atoms with Crippen molar-refractivity contribution < 1.29 is 0 Å². The molecule has 0 radical (unpaired) electrons. The molecule has 1 aromatic heterocycles. The first-order chi connectivity index (χ1) is 6.84. The number of nitrogens with one attached hydrogen (secondary N) is 1. The van der Waals surface area contributed by atoms with Gasteiger partial charge in [0.1, 0.15) is 0 Å². The average Bonchev–Trinajstić information content (AvgIpc) is 2.65. The Labute approximate surface area is 85.7 Å². The van der Waals surface area contributed by atoms with Gasteiger partial charge in [-0.05, 0) is 18.2 Å². The minimum absolute atomic E-state index is 0.798. The number of nitrogens with zero attached hydrogens (tertiary/aromatic N) is 1. The van der Waals surface area contributed by atoms with Crippen LogP contribution in [0.25, 0.3) is 11.3 Å². The Morgan fingerprint density at radius 1 is 1.43 bits per heavy atom. The molecule has 2 aromatic rings. The summed E-state index contributed by atoms with van der Waals surface area (Å²) in [6.07, 6.45) is 1.88. The summed E-state index contributed by atoms with van der Waals surface area (Å²) in [5.41, 5.74) is 10.1. The van der Waals surface area contributed by atoms with Crippen LogP contribution in [0.3, 0.4) is 0 Å². The quantitative estimate of drug-likeness (QED) is 0.646. The zero-order chi connectivity index (χ0) is 9.54. The predicted molar refractivity (Wildman–Crippen MR) is 58.0 cm³/mol. The highest BCUT2D eigenvalue weighted by atomic mass is 32.2. The monoisotopic (exact) mass is 203 g/mol. The van der Waals surface area contributed by atoms with Gasteiger partial charge >= 0.3 is 0 Å². The molecule has 0 saturated carbocycles. The standard InChI is InChI=1S/C10H9N3S/c11-7-1-2-9-8(3-7)10-6(5-14-9)4-12-13-10/h1-4H,5,11H2,(H,12,13). The number of thioether (sulfide) groups is 1. The van der Waals surface area contributed by atoms with Gasteiger partial charge in [-0.3, -0.25) is 5.10 Å². The first-order valence-corrected chi connectivity index (χ1v) is 5.38. The Kier molecular flexibility index (Phi) is 1.58. The number of benzene rings is 1. The summed E-state index contributed by atoms with van der Waals surface area (Å²) in [6.45, 7) is 0. The van der Waals surface area contributed by atoms with Gasteiger partial charge in [-0.15, -0.1) is 11.8 Å². The SMILES string of the molecule is Nc1ccc2c(c1)-c1[nH]ncc1CS2. The molecule has 0 spiro atoms. The molecule has 2 heterocycles. The number of nitrogen functional groups attached to an aromatic ring is 1. The minimum atomic E-state index is 0.798. The molecule has 3 nitrogen and oxygen atoms in total. The zero-order valence-corrected chi connectivity index (χ0v) is 8.27. The lowest BCUT2D eigenvalue weighted by atomic mass is 10.1. The van der Waals surface area contributed by atoms with Crippen molar-refractivity contribution in [2.24, 2.45) is 0 Å². The fraction of sp³-hybridized carbons (Fsp3) is 0.100. The Morgan fingerprint density at radius 3 is 3.29 bits per heavy atom. The topological polar surface area (TPSA) is 54.7 Å². The lowest BCUT2D eigenvalue weighted by molar-refractivity contribution is 1.09. The predicted octanol–water partition coefficient (Wildman–Crippen LogP) is 2.26. The molecule has 4 heteroatoms. The van der Waals surface area contributed by atoms with E-state index in [4.69, 9.17) is 5.73 Å². The van der Waals surface area contributed by atoms with Gasteiger partial charge in [0.05, 0.1) is 11.9 Å². The molecule has 70 valence electrons. The summed E-state index contributed by atoms with van der Waals surface area (Å²) in [7, 11) is 0. The summed E-state index contributed by atoms with van der Waals surface area (Å²) in [6, 6.07) is 6.00. The molecular formula is C10H9N3S. The van der Waals surface area contributed by atoms with E-state index in [1.54, 1.807) is 0 Å². The van der Waals surface area contributed by atoms with Crippen molar-refractivity contribution in [3.05, 3.63) is 30.0 Å². The van der Waals surface area contributed by atoms with Crippen LogP contribution in [0.5, 0.6) is 0 Å². The Morgan fingerprint density at radius 2 is 2.36 bits per heavy atom. The maximum atomic E-state index is 5.76. The van der Waals surface area contributed by atoms with E-state index < -0.39 is 0 Å². The number of anilines is 1. The number of nitrogens with two attached hydrogens (primary N) is 1. The van der Waals surface area contributed by atoms with Gasteiger partial charge in [-0.2, -0.15) is 5.10 Å². The maximum absolute atomic E-state index is 5.76. The number of aromatic nitrogens is 2. The van der Waals surface area contributed by atoms with Crippen molar-refractivity contribution in [1.29, 1.82) is 0 Å². The number of hydrogen-bond acceptors (Lipinski definition) is 3. The number of fused-ring (bicyclic) bond motifs is 3. The van der Waals surface area contributed by atoms with Gasteiger partial charge in [-0.1, -0.05) is 0 Å². The van der Waals surface area contributed by atoms with Crippen LogP contribution >= 0.6 is 11.8 Å². The Bertz CT molecular complexity index is 490. The molecule has 1 aliphatic heterocycles. The smallest absolute Gasteiger partial charge is 0.0702 e. The number of aromatic amines is 1.